The number of nitrogens with one attached hydrogen (secondary N) is 1. The predicted molar refractivity (Wildman–Crippen MR) is 95.8 cm³/mol. The summed E-state index contributed by atoms with van der Waals surface area (Å²) in [6.45, 7) is 4.66. The van der Waals surface area contributed by atoms with Crippen molar-refractivity contribution in [2.45, 2.75) is 17.9 Å². The smallest absolute Gasteiger partial charge is 0.240 e. The lowest BCUT2D eigenvalue weighted by atomic mass is 10.1. The third-order valence-corrected chi connectivity index (χ3v) is 6.59. The molecule has 1 fully saturated rings. The zero-order valence-corrected chi connectivity index (χ0v) is 15.6. The second-order valence-corrected chi connectivity index (χ2v) is 8.50. The molecule has 1 N–H and O–H groups in total. The molecule has 0 radical (unpaired) electrons. The van der Waals surface area contributed by atoms with Crippen LogP contribution in [0.15, 0.2) is 39.9 Å². The van der Waals surface area contributed by atoms with E-state index in [0.29, 0.717) is 18.8 Å². The van der Waals surface area contributed by atoms with Crippen LogP contribution in [0, 0.1) is 12.7 Å². The molecule has 3 rings (SSSR count). The lowest BCUT2D eigenvalue weighted by Crippen LogP contribution is -2.43. The summed E-state index contributed by atoms with van der Waals surface area (Å²) in [4.78, 5) is 2.34. The first kappa shape index (κ1) is 18.5. The number of aryl methyl sites for hydroxylation is 1. The minimum atomic E-state index is -3.70. The van der Waals surface area contributed by atoms with Crippen LogP contribution in [0.1, 0.15) is 17.2 Å². The van der Waals surface area contributed by atoms with Crippen molar-refractivity contribution in [3.63, 3.8) is 0 Å². The first-order valence-corrected chi connectivity index (χ1v) is 10.5. The fraction of sp³-hybridized carbons (Fsp3) is 0.412. The van der Waals surface area contributed by atoms with Gasteiger partial charge in [-0.2, -0.15) is 11.3 Å². The number of rotatable bonds is 6. The maximum absolute atomic E-state index is 13.2. The van der Waals surface area contributed by atoms with Crippen molar-refractivity contribution in [1.82, 2.24) is 9.62 Å². The van der Waals surface area contributed by atoms with Crippen LogP contribution in [-0.2, 0) is 14.8 Å². The highest BCUT2D eigenvalue weighted by molar-refractivity contribution is 7.89. The van der Waals surface area contributed by atoms with E-state index in [0.717, 1.165) is 18.7 Å². The van der Waals surface area contributed by atoms with Gasteiger partial charge in [0.05, 0.1) is 18.1 Å². The molecular formula is C17H21FN2O3S2. The third kappa shape index (κ3) is 4.45. The van der Waals surface area contributed by atoms with Crippen LogP contribution in [0.3, 0.4) is 0 Å². The average Bonchev–Trinajstić information content (AvgIpc) is 3.10. The molecule has 8 heteroatoms. The summed E-state index contributed by atoms with van der Waals surface area (Å²) in [5, 5.41) is 4.03. The minimum absolute atomic E-state index is 0.0503. The molecule has 1 aromatic heterocycles. The number of hydrogen-bond acceptors (Lipinski definition) is 5. The standard InChI is InChI=1S/C17H21FN2O3S2/c1-13-10-15(18)2-3-17(13)25(21,22)19-11-16(14-4-9-24-12-14)20-5-7-23-8-6-20/h2-4,9-10,12,16,19H,5-8,11H2,1H3/t16-/m1/s1. The molecule has 1 aliphatic heterocycles. The first-order chi connectivity index (χ1) is 12.0. The first-order valence-electron chi connectivity index (χ1n) is 8.07. The van der Waals surface area contributed by atoms with E-state index in [1.54, 1.807) is 18.3 Å². The van der Waals surface area contributed by atoms with Crippen LogP contribution in [0.25, 0.3) is 0 Å². The summed E-state index contributed by atoms with van der Waals surface area (Å²) < 4.78 is 46.6. The minimum Gasteiger partial charge on any atom is -0.379 e. The van der Waals surface area contributed by atoms with E-state index in [4.69, 9.17) is 4.74 Å². The second kappa shape index (κ2) is 7.92. The van der Waals surface area contributed by atoms with Crippen LogP contribution >= 0.6 is 11.3 Å². The van der Waals surface area contributed by atoms with E-state index < -0.39 is 15.8 Å². The highest BCUT2D eigenvalue weighted by atomic mass is 32.2. The summed E-state index contributed by atoms with van der Waals surface area (Å²) in [6.07, 6.45) is 0. The van der Waals surface area contributed by atoms with Crippen LogP contribution in [-0.4, -0.2) is 46.2 Å². The summed E-state index contributed by atoms with van der Waals surface area (Å²) in [7, 11) is -3.70. The Balaban J connectivity index is 1.78. The van der Waals surface area contributed by atoms with Gasteiger partial charge in [-0.3, -0.25) is 4.90 Å². The van der Waals surface area contributed by atoms with E-state index in [2.05, 4.69) is 9.62 Å². The topological polar surface area (TPSA) is 58.6 Å². The molecule has 1 saturated heterocycles. The fourth-order valence-corrected chi connectivity index (χ4v) is 4.96. The summed E-state index contributed by atoms with van der Waals surface area (Å²) in [6, 6.07) is 5.67. The van der Waals surface area contributed by atoms with E-state index >= 15 is 0 Å². The molecule has 136 valence electrons. The number of morpholine rings is 1. The Morgan fingerprint density at radius 1 is 1.32 bits per heavy atom. The molecule has 5 nitrogen and oxygen atoms in total. The van der Waals surface area contributed by atoms with Gasteiger partial charge in [-0.05, 0) is 53.1 Å². The molecule has 1 aliphatic rings. The maximum atomic E-state index is 13.2. The van der Waals surface area contributed by atoms with Gasteiger partial charge in [-0.25, -0.2) is 17.5 Å². The largest absolute Gasteiger partial charge is 0.379 e. The van der Waals surface area contributed by atoms with E-state index in [-0.39, 0.29) is 17.5 Å². The Labute approximate surface area is 151 Å². The van der Waals surface area contributed by atoms with Crippen molar-refractivity contribution in [2.24, 2.45) is 0 Å². The van der Waals surface area contributed by atoms with Crippen molar-refractivity contribution in [2.75, 3.05) is 32.8 Å². The number of benzene rings is 1. The Morgan fingerprint density at radius 3 is 2.72 bits per heavy atom. The van der Waals surface area contributed by atoms with Gasteiger partial charge in [0.15, 0.2) is 0 Å². The van der Waals surface area contributed by atoms with Gasteiger partial charge >= 0.3 is 0 Å². The quantitative estimate of drug-likeness (QED) is 0.832. The van der Waals surface area contributed by atoms with Crippen molar-refractivity contribution in [3.8, 4) is 0 Å². The number of ether oxygens (including phenoxy) is 1. The molecule has 0 spiro atoms. The lowest BCUT2D eigenvalue weighted by Gasteiger charge is -2.34. The van der Waals surface area contributed by atoms with E-state index in [1.165, 1.54) is 18.2 Å². The van der Waals surface area contributed by atoms with Crippen molar-refractivity contribution in [3.05, 3.63) is 52.0 Å². The Bertz CT molecular complexity index is 803. The number of halogens is 1. The summed E-state index contributed by atoms with van der Waals surface area (Å²) in [5.41, 5.74) is 1.48. The molecule has 25 heavy (non-hydrogen) atoms. The Kier molecular flexibility index (Phi) is 5.85. The average molecular weight is 384 g/mol. The predicted octanol–water partition coefficient (Wildman–Crippen LogP) is 2.55. The van der Waals surface area contributed by atoms with Gasteiger partial charge in [0.2, 0.25) is 10.0 Å². The van der Waals surface area contributed by atoms with Crippen molar-refractivity contribution >= 4 is 21.4 Å². The van der Waals surface area contributed by atoms with Gasteiger partial charge in [-0.15, -0.1) is 0 Å². The molecule has 1 aromatic carbocycles. The molecule has 2 aromatic rings. The normalized spacial score (nSPS) is 17.5. The third-order valence-electron chi connectivity index (χ3n) is 4.31. The summed E-state index contributed by atoms with van der Waals surface area (Å²) in [5.74, 6) is -0.444. The molecule has 1 atom stereocenters. The van der Waals surface area contributed by atoms with Crippen molar-refractivity contribution < 1.29 is 17.5 Å². The van der Waals surface area contributed by atoms with Gasteiger partial charge in [-0.1, -0.05) is 0 Å². The number of sulfonamides is 1. The summed E-state index contributed by atoms with van der Waals surface area (Å²) >= 11 is 1.59. The molecular weight excluding hydrogens is 363 g/mol. The van der Waals surface area contributed by atoms with Crippen molar-refractivity contribution in [1.29, 1.82) is 0 Å². The van der Waals surface area contributed by atoms with Crippen LogP contribution < -0.4 is 4.72 Å². The molecule has 0 unspecified atom stereocenters. The Hall–Kier alpha value is -1.32. The molecule has 0 aliphatic carbocycles. The highest BCUT2D eigenvalue weighted by Gasteiger charge is 2.26. The molecule has 0 saturated carbocycles. The Morgan fingerprint density at radius 2 is 2.08 bits per heavy atom. The van der Waals surface area contributed by atoms with Gasteiger partial charge < -0.3 is 4.74 Å². The second-order valence-electron chi connectivity index (χ2n) is 5.98. The van der Waals surface area contributed by atoms with E-state index in [1.807, 2.05) is 16.8 Å². The lowest BCUT2D eigenvalue weighted by molar-refractivity contribution is 0.0173. The molecule has 0 bridgehead atoms. The fourth-order valence-electron chi connectivity index (χ4n) is 2.99. The number of hydrogen-bond donors (Lipinski definition) is 1. The zero-order valence-electron chi connectivity index (χ0n) is 13.9. The highest BCUT2D eigenvalue weighted by Crippen LogP contribution is 2.24. The van der Waals surface area contributed by atoms with E-state index in [9.17, 15) is 12.8 Å². The number of nitrogens with zero attached hydrogens (tertiary/aromatic N) is 1. The van der Waals surface area contributed by atoms with Crippen LogP contribution in [0.5, 0.6) is 0 Å². The molecule has 2 heterocycles. The SMILES string of the molecule is Cc1cc(F)ccc1S(=O)(=O)NC[C@H](c1ccsc1)N1CCOCC1. The maximum Gasteiger partial charge on any atom is 0.240 e. The van der Waals surface area contributed by atoms with Crippen LogP contribution in [0.4, 0.5) is 4.39 Å². The zero-order chi connectivity index (χ0) is 17.9. The number of thiophene rings is 1. The van der Waals surface area contributed by atoms with Gasteiger partial charge in [0, 0.05) is 25.7 Å². The van der Waals surface area contributed by atoms with Gasteiger partial charge in [0.1, 0.15) is 5.82 Å². The monoisotopic (exact) mass is 384 g/mol. The van der Waals surface area contributed by atoms with Crippen LogP contribution in [0.2, 0.25) is 0 Å². The molecule has 0 amide bonds. The van der Waals surface area contributed by atoms with Gasteiger partial charge in [0.25, 0.3) is 0 Å².